The number of furan rings is 1. The van der Waals surface area contributed by atoms with Crippen molar-refractivity contribution < 1.29 is 22.2 Å². The van der Waals surface area contributed by atoms with Crippen LogP contribution in [0.5, 0.6) is 0 Å². The molecule has 0 saturated heterocycles. The summed E-state index contributed by atoms with van der Waals surface area (Å²) in [5.74, 6) is -0.216. The van der Waals surface area contributed by atoms with Crippen LogP contribution in [-0.2, 0) is 16.5 Å². The van der Waals surface area contributed by atoms with E-state index in [0.29, 0.717) is 0 Å². The van der Waals surface area contributed by atoms with E-state index >= 15 is 0 Å². The first-order valence-electron chi connectivity index (χ1n) is 7.17. The van der Waals surface area contributed by atoms with Crippen LogP contribution < -0.4 is 5.73 Å². The first-order chi connectivity index (χ1) is 11.3. The Balaban J connectivity index is 0.000000185. The lowest BCUT2D eigenvalue weighted by molar-refractivity contribution is 0.0974. The van der Waals surface area contributed by atoms with Gasteiger partial charge in [-0.1, -0.05) is 43.3 Å². The Morgan fingerprint density at radius 1 is 1.08 bits per heavy atom. The number of carbonyl (C=O) groups excluding carboxylic acids is 1. The lowest BCUT2D eigenvalue weighted by Gasteiger charge is -1.93. The van der Waals surface area contributed by atoms with E-state index in [1.54, 1.807) is 18.2 Å². The summed E-state index contributed by atoms with van der Waals surface area (Å²) in [6, 6.07) is 15.0. The smallest absolute Gasteiger partial charge is 0.294 e. The van der Waals surface area contributed by atoms with Crippen molar-refractivity contribution in [2.24, 2.45) is 5.73 Å². The Kier molecular flexibility index (Phi) is 5.38. The molecule has 0 unspecified atom stereocenters. The number of hydrogen-bond acceptors (Lipinski definition) is 4. The molecule has 2 aromatic carbocycles. The lowest BCUT2D eigenvalue weighted by Crippen LogP contribution is -2.11. The van der Waals surface area contributed by atoms with Gasteiger partial charge in [-0.2, -0.15) is 8.42 Å². The molecule has 126 valence electrons. The summed E-state index contributed by atoms with van der Waals surface area (Å²) in [6.07, 6.45) is 0.745. The second kappa shape index (κ2) is 7.29. The predicted octanol–water partition coefficient (Wildman–Crippen LogP) is 3.03. The molecule has 6 nitrogen and oxygen atoms in total. The van der Waals surface area contributed by atoms with Gasteiger partial charge in [-0.3, -0.25) is 9.35 Å². The molecule has 7 heteroatoms. The molecular formula is C17H17NO5S. The van der Waals surface area contributed by atoms with Gasteiger partial charge in [0.2, 0.25) is 0 Å². The van der Waals surface area contributed by atoms with Gasteiger partial charge in [-0.15, -0.1) is 0 Å². The second-order valence-electron chi connectivity index (χ2n) is 4.91. The maximum atomic E-state index is 11.1. The summed E-state index contributed by atoms with van der Waals surface area (Å²) < 4.78 is 34.6. The maximum absolute atomic E-state index is 11.1. The summed E-state index contributed by atoms with van der Waals surface area (Å²) in [6.45, 7) is 1.98. The monoisotopic (exact) mass is 347 g/mol. The number of hydrogen-bond donors (Lipinski definition) is 2. The summed E-state index contributed by atoms with van der Waals surface area (Å²) in [5.41, 5.74) is 6.84. The van der Waals surface area contributed by atoms with E-state index in [1.807, 2.05) is 31.2 Å². The van der Waals surface area contributed by atoms with Gasteiger partial charge in [-0.25, -0.2) is 0 Å². The highest BCUT2D eigenvalue weighted by Gasteiger charge is 2.15. The van der Waals surface area contributed by atoms with Crippen molar-refractivity contribution in [1.82, 2.24) is 0 Å². The average molecular weight is 347 g/mol. The van der Waals surface area contributed by atoms with Crippen molar-refractivity contribution in [2.45, 2.75) is 18.2 Å². The largest absolute Gasteiger partial charge is 0.451 e. The fraction of sp³-hybridized carbons (Fsp3) is 0.118. The number of para-hydroxylation sites is 1. The Morgan fingerprint density at radius 3 is 2.17 bits per heavy atom. The standard InChI is InChI=1S/C11H11NO2.C6H6O3S/c1-2-7-8-5-3-4-6-9(8)14-10(7)11(12)13;7-10(8,9)6-4-2-1-3-5-6/h3-6H,2H2,1H3,(H2,12,13);1-5H,(H,7,8,9). The minimum Gasteiger partial charge on any atom is -0.451 e. The van der Waals surface area contributed by atoms with Crippen LogP contribution in [0.25, 0.3) is 11.0 Å². The highest BCUT2D eigenvalue weighted by Crippen LogP contribution is 2.25. The van der Waals surface area contributed by atoms with Crippen molar-refractivity contribution in [3.8, 4) is 0 Å². The molecule has 0 aliphatic carbocycles. The Labute approximate surface area is 139 Å². The SMILES string of the molecule is CCc1c(C(N)=O)oc2ccccc12.O=S(=O)(O)c1ccccc1. The van der Waals surface area contributed by atoms with Gasteiger partial charge >= 0.3 is 0 Å². The number of rotatable bonds is 3. The molecule has 0 radical (unpaired) electrons. The molecule has 24 heavy (non-hydrogen) atoms. The molecule has 0 atom stereocenters. The van der Waals surface area contributed by atoms with Crippen molar-refractivity contribution >= 4 is 27.0 Å². The lowest BCUT2D eigenvalue weighted by atomic mass is 10.1. The number of nitrogens with two attached hydrogens (primary N) is 1. The molecule has 1 amide bonds. The van der Waals surface area contributed by atoms with Crippen LogP contribution >= 0.6 is 0 Å². The number of primary amides is 1. The van der Waals surface area contributed by atoms with Crippen molar-refractivity contribution in [3.05, 3.63) is 65.9 Å². The zero-order valence-electron chi connectivity index (χ0n) is 13.0. The summed E-state index contributed by atoms with van der Waals surface area (Å²) in [4.78, 5) is 11.0. The number of amides is 1. The summed E-state index contributed by atoms with van der Waals surface area (Å²) >= 11 is 0. The first kappa shape index (κ1) is 17.7. The molecule has 0 saturated carbocycles. The van der Waals surface area contributed by atoms with Crippen LogP contribution in [0.2, 0.25) is 0 Å². The summed E-state index contributed by atoms with van der Waals surface area (Å²) in [5, 5.41) is 0.976. The minimum absolute atomic E-state index is 0.0741. The van der Waals surface area contributed by atoms with Crippen molar-refractivity contribution in [3.63, 3.8) is 0 Å². The van der Waals surface area contributed by atoms with Gasteiger partial charge in [0.05, 0.1) is 4.90 Å². The topological polar surface area (TPSA) is 111 Å². The average Bonchev–Trinajstić information content (AvgIpc) is 2.94. The third-order valence-corrected chi connectivity index (χ3v) is 4.18. The van der Waals surface area contributed by atoms with E-state index in [4.69, 9.17) is 14.7 Å². The number of carbonyl (C=O) groups is 1. The van der Waals surface area contributed by atoms with Gasteiger partial charge in [0.15, 0.2) is 5.76 Å². The van der Waals surface area contributed by atoms with E-state index in [9.17, 15) is 13.2 Å². The third-order valence-electron chi connectivity index (χ3n) is 3.32. The van der Waals surface area contributed by atoms with Crippen LogP contribution in [0.15, 0.2) is 63.9 Å². The Morgan fingerprint density at radius 2 is 1.67 bits per heavy atom. The van der Waals surface area contributed by atoms with Crippen LogP contribution in [0.4, 0.5) is 0 Å². The first-order valence-corrected chi connectivity index (χ1v) is 8.61. The van der Waals surface area contributed by atoms with Crippen molar-refractivity contribution in [1.29, 1.82) is 0 Å². The zero-order chi connectivity index (χ0) is 17.7. The highest BCUT2D eigenvalue weighted by molar-refractivity contribution is 7.85. The van der Waals surface area contributed by atoms with E-state index in [1.165, 1.54) is 12.1 Å². The van der Waals surface area contributed by atoms with E-state index < -0.39 is 16.0 Å². The normalized spacial score (nSPS) is 10.9. The molecular weight excluding hydrogens is 330 g/mol. The highest BCUT2D eigenvalue weighted by atomic mass is 32.2. The quantitative estimate of drug-likeness (QED) is 0.708. The molecule has 3 N–H and O–H groups in total. The third kappa shape index (κ3) is 4.01. The van der Waals surface area contributed by atoms with E-state index in [-0.39, 0.29) is 10.7 Å². The maximum Gasteiger partial charge on any atom is 0.294 e. The molecule has 0 fully saturated rings. The molecule has 0 bridgehead atoms. The number of fused-ring (bicyclic) bond motifs is 1. The molecule has 0 aliphatic rings. The van der Waals surface area contributed by atoms with Gasteiger partial charge in [0, 0.05) is 10.9 Å². The van der Waals surface area contributed by atoms with Crippen molar-refractivity contribution in [2.75, 3.05) is 0 Å². The molecule has 1 aromatic heterocycles. The zero-order valence-corrected chi connectivity index (χ0v) is 13.8. The number of benzene rings is 2. The molecule has 0 spiro atoms. The van der Waals surface area contributed by atoms with Gasteiger partial charge in [0.1, 0.15) is 5.58 Å². The fourth-order valence-corrected chi connectivity index (χ4v) is 2.74. The molecule has 1 heterocycles. The van der Waals surface area contributed by atoms with Gasteiger partial charge in [-0.05, 0) is 24.6 Å². The Bertz CT molecular complexity index is 946. The summed E-state index contributed by atoms with van der Waals surface area (Å²) in [7, 11) is -4.00. The number of aryl methyl sites for hydroxylation is 1. The van der Waals surface area contributed by atoms with E-state index in [2.05, 4.69) is 0 Å². The van der Waals surface area contributed by atoms with Crippen LogP contribution in [0.3, 0.4) is 0 Å². The van der Waals surface area contributed by atoms with Gasteiger partial charge < -0.3 is 10.2 Å². The molecule has 3 rings (SSSR count). The second-order valence-corrected chi connectivity index (χ2v) is 6.33. The van der Waals surface area contributed by atoms with Gasteiger partial charge in [0.25, 0.3) is 16.0 Å². The van der Waals surface area contributed by atoms with Crippen LogP contribution in [0, 0.1) is 0 Å². The molecule has 3 aromatic rings. The fourth-order valence-electron chi connectivity index (χ4n) is 2.24. The van der Waals surface area contributed by atoms with Crippen LogP contribution in [-0.4, -0.2) is 18.9 Å². The molecule has 0 aliphatic heterocycles. The van der Waals surface area contributed by atoms with Crippen LogP contribution in [0.1, 0.15) is 23.0 Å². The minimum atomic E-state index is -4.00. The van der Waals surface area contributed by atoms with E-state index in [0.717, 1.165) is 23.0 Å². The predicted molar refractivity (Wildman–Crippen MR) is 90.4 cm³/mol. The Hall–Kier alpha value is -2.64.